The van der Waals surface area contributed by atoms with Crippen LogP contribution < -0.4 is 4.72 Å². The Morgan fingerprint density at radius 2 is 1.75 bits per heavy atom. The van der Waals surface area contributed by atoms with E-state index in [1.165, 1.54) is 31.0 Å². The molecular formula is C25H27NO4S2. The summed E-state index contributed by atoms with van der Waals surface area (Å²) in [6.07, 6.45) is 5.79. The van der Waals surface area contributed by atoms with Crippen LogP contribution in [0.5, 0.6) is 5.75 Å². The fraction of sp³-hybridized carbons (Fsp3) is 0.280. The summed E-state index contributed by atoms with van der Waals surface area (Å²) in [5.74, 6) is 0.628. The zero-order chi connectivity index (χ0) is 22.7. The highest BCUT2D eigenvalue weighted by Gasteiger charge is 2.21. The van der Waals surface area contributed by atoms with Crippen molar-refractivity contribution in [2.45, 2.75) is 47.8 Å². The van der Waals surface area contributed by atoms with Gasteiger partial charge in [-0.15, -0.1) is 11.8 Å². The highest BCUT2D eigenvalue weighted by atomic mass is 32.2. The Morgan fingerprint density at radius 3 is 2.47 bits per heavy atom. The van der Waals surface area contributed by atoms with E-state index in [-0.39, 0.29) is 22.2 Å². The number of benzene rings is 3. The molecule has 1 aliphatic carbocycles. The zero-order valence-electron chi connectivity index (χ0n) is 17.8. The van der Waals surface area contributed by atoms with Crippen LogP contribution in [0.3, 0.4) is 0 Å². The Balaban J connectivity index is 1.70. The van der Waals surface area contributed by atoms with Crippen LogP contribution in [0.1, 0.15) is 43.6 Å². The SMILES string of the molecule is C=C(O)CSc1cc(NS(=O)(=O)c2cccc(C3CCCCC3)c2)c2ccccc2c1O. The van der Waals surface area contributed by atoms with Gasteiger partial charge in [-0.2, -0.15) is 0 Å². The van der Waals surface area contributed by atoms with Crippen LogP contribution in [0, 0.1) is 0 Å². The van der Waals surface area contributed by atoms with E-state index in [1.807, 2.05) is 12.1 Å². The summed E-state index contributed by atoms with van der Waals surface area (Å²) in [6, 6.07) is 15.9. The van der Waals surface area contributed by atoms with Gasteiger partial charge in [-0.05, 0) is 42.5 Å². The van der Waals surface area contributed by atoms with Gasteiger partial charge in [0.05, 0.1) is 27.0 Å². The van der Waals surface area contributed by atoms with E-state index in [4.69, 9.17) is 0 Å². The number of aromatic hydroxyl groups is 1. The number of nitrogens with one attached hydrogen (secondary N) is 1. The van der Waals surface area contributed by atoms with Crippen LogP contribution in [-0.2, 0) is 10.0 Å². The first-order chi connectivity index (χ1) is 15.3. The number of hydrogen-bond acceptors (Lipinski definition) is 5. The molecule has 1 saturated carbocycles. The molecule has 0 atom stereocenters. The van der Waals surface area contributed by atoms with Gasteiger partial charge in [-0.1, -0.05) is 62.2 Å². The van der Waals surface area contributed by atoms with Crippen molar-refractivity contribution in [2.24, 2.45) is 0 Å². The van der Waals surface area contributed by atoms with Crippen molar-refractivity contribution in [3.8, 4) is 5.75 Å². The van der Waals surface area contributed by atoms with E-state index in [9.17, 15) is 18.6 Å². The van der Waals surface area contributed by atoms with E-state index in [1.54, 1.807) is 42.5 Å². The predicted molar refractivity (Wildman–Crippen MR) is 131 cm³/mol. The van der Waals surface area contributed by atoms with Gasteiger partial charge in [-0.3, -0.25) is 4.72 Å². The number of phenols is 1. The summed E-state index contributed by atoms with van der Waals surface area (Å²) in [5.41, 5.74) is 1.45. The van der Waals surface area contributed by atoms with Crippen molar-refractivity contribution >= 4 is 38.2 Å². The summed E-state index contributed by atoms with van der Waals surface area (Å²) in [4.78, 5) is 0.697. The molecule has 0 spiro atoms. The summed E-state index contributed by atoms with van der Waals surface area (Å²) in [6.45, 7) is 3.47. The molecule has 1 aliphatic rings. The Bertz CT molecular complexity index is 1250. The number of sulfonamides is 1. The van der Waals surface area contributed by atoms with Crippen LogP contribution in [0.25, 0.3) is 10.8 Å². The van der Waals surface area contributed by atoms with Crippen LogP contribution >= 0.6 is 11.8 Å². The lowest BCUT2D eigenvalue weighted by Gasteiger charge is -2.22. The number of anilines is 1. The molecule has 0 bridgehead atoms. The molecule has 0 saturated heterocycles. The molecule has 168 valence electrons. The monoisotopic (exact) mass is 469 g/mol. The summed E-state index contributed by atoms with van der Waals surface area (Å²) in [7, 11) is -3.83. The second-order valence-corrected chi connectivity index (χ2v) is 10.9. The van der Waals surface area contributed by atoms with Gasteiger partial charge in [0.25, 0.3) is 10.0 Å². The highest BCUT2D eigenvalue weighted by Crippen LogP contribution is 2.41. The van der Waals surface area contributed by atoms with Crippen molar-refractivity contribution in [1.82, 2.24) is 0 Å². The van der Waals surface area contributed by atoms with Crippen molar-refractivity contribution < 1.29 is 18.6 Å². The summed E-state index contributed by atoms with van der Waals surface area (Å²) >= 11 is 1.19. The number of fused-ring (bicyclic) bond motifs is 1. The first-order valence-electron chi connectivity index (χ1n) is 10.7. The molecule has 3 aromatic rings. The van der Waals surface area contributed by atoms with Crippen molar-refractivity contribution in [1.29, 1.82) is 0 Å². The van der Waals surface area contributed by atoms with E-state index >= 15 is 0 Å². The predicted octanol–water partition coefficient (Wildman–Crippen LogP) is 6.56. The minimum atomic E-state index is -3.83. The van der Waals surface area contributed by atoms with Gasteiger partial charge in [-0.25, -0.2) is 8.42 Å². The normalized spacial score (nSPS) is 15.0. The Kier molecular flexibility index (Phi) is 6.67. The lowest BCUT2D eigenvalue weighted by atomic mass is 9.84. The number of aliphatic hydroxyl groups excluding tert-OH is 1. The maximum absolute atomic E-state index is 13.3. The molecule has 0 aliphatic heterocycles. The molecule has 0 amide bonds. The molecule has 0 unspecified atom stereocenters. The molecule has 0 aromatic heterocycles. The molecule has 4 rings (SSSR count). The van der Waals surface area contributed by atoms with Gasteiger partial charge >= 0.3 is 0 Å². The number of aliphatic hydroxyl groups is 1. The van der Waals surface area contributed by atoms with Crippen LogP contribution in [-0.4, -0.2) is 24.4 Å². The van der Waals surface area contributed by atoms with Crippen LogP contribution in [0.2, 0.25) is 0 Å². The summed E-state index contributed by atoms with van der Waals surface area (Å²) in [5, 5.41) is 21.3. The van der Waals surface area contributed by atoms with Gasteiger partial charge in [0.2, 0.25) is 0 Å². The Morgan fingerprint density at radius 1 is 1.03 bits per heavy atom. The molecule has 5 nitrogen and oxygen atoms in total. The lowest BCUT2D eigenvalue weighted by molar-refractivity contribution is 0.420. The molecule has 7 heteroatoms. The van der Waals surface area contributed by atoms with E-state index < -0.39 is 10.0 Å². The van der Waals surface area contributed by atoms with Crippen molar-refractivity contribution in [2.75, 3.05) is 10.5 Å². The zero-order valence-corrected chi connectivity index (χ0v) is 19.4. The number of hydrogen-bond donors (Lipinski definition) is 3. The minimum Gasteiger partial charge on any atom is -0.512 e. The maximum atomic E-state index is 13.3. The van der Waals surface area contributed by atoms with Crippen molar-refractivity contribution in [3.63, 3.8) is 0 Å². The fourth-order valence-electron chi connectivity index (χ4n) is 4.27. The second kappa shape index (κ2) is 9.46. The van der Waals surface area contributed by atoms with Crippen LogP contribution in [0.15, 0.2) is 76.7 Å². The third-order valence-electron chi connectivity index (χ3n) is 5.86. The fourth-order valence-corrected chi connectivity index (χ4v) is 6.16. The molecular weight excluding hydrogens is 442 g/mol. The van der Waals surface area contributed by atoms with Gasteiger partial charge in [0, 0.05) is 10.8 Å². The third kappa shape index (κ3) is 4.89. The van der Waals surface area contributed by atoms with E-state index in [2.05, 4.69) is 11.3 Å². The average Bonchev–Trinajstić information content (AvgIpc) is 2.80. The Hall–Kier alpha value is -2.64. The smallest absolute Gasteiger partial charge is 0.261 e. The molecule has 32 heavy (non-hydrogen) atoms. The largest absolute Gasteiger partial charge is 0.512 e. The lowest BCUT2D eigenvalue weighted by Crippen LogP contribution is -2.14. The minimum absolute atomic E-state index is 0.0239. The topological polar surface area (TPSA) is 86.6 Å². The first-order valence-corrected chi connectivity index (χ1v) is 13.2. The van der Waals surface area contributed by atoms with E-state index in [0.29, 0.717) is 27.3 Å². The van der Waals surface area contributed by atoms with Gasteiger partial charge in [0.15, 0.2) is 0 Å². The standard InChI is InChI=1S/C25H27NO4S2/c1-17(27)16-31-24-15-23(21-12-5-6-13-22(21)25(24)28)26-32(29,30)20-11-7-10-19(14-20)18-8-3-2-4-9-18/h5-7,10-15,18,26-28H,1-4,8-9,16H2. The third-order valence-corrected chi connectivity index (χ3v) is 8.33. The molecule has 0 heterocycles. The second-order valence-electron chi connectivity index (χ2n) is 8.18. The molecule has 3 N–H and O–H groups in total. The molecule has 1 fully saturated rings. The summed E-state index contributed by atoms with van der Waals surface area (Å²) < 4.78 is 29.3. The average molecular weight is 470 g/mol. The first kappa shape index (κ1) is 22.6. The molecule has 0 radical (unpaired) electrons. The quantitative estimate of drug-likeness (QED) is 0.207. The van der Waals surface area contributed by atoms with Crippen LogP contribution in [0.4, 0.5) is 5.69 Å². The number of thioether (sulfide) groups is 1. The Labute approximate surface area is 193 Å². The number of phenolic OH excluding ortho intramolecular Hbond substituents is 1. The number of rotatable bonds is 7. The van der Waals surface area contributed by atoms with E-state index in [0.717, 1.165) is 18.4 Å². The highest BCUT2D eigenvalue weighted by molar-refractivity contribution is 7.99. The van der Waals surface area contributed by atoms with Gasteiger partial charge < -0.3 is 10.2 Å². The molecule has 3 aromatic carbocycles. The maximum Gasteiger partial charge on any atom is 0.261 e. The van der Waals surface area contributed by atoms with Crippen molar-refractivity contribution in [3.05, 3.63) is 72.5 Å². The van der Waals surface area contributed by atoms with Gasteiger partial charge in [0.1, 0.15) is 5.75 Å².